The fourth-order valence-corrected chi connectivity index (χ4v) is 3.13. The van der Waals surface area contributed by atoms with Crippen molar-refractivity contribution >= 4 is 29.1 Å². The van der Waals surface area contributed by atoms with E-state index in [2.05, 4.69) is 16.0 Å². The van der Waals surface area contributed by atoms with Crippen LogP contribution in [0, 0.1) is 16.0 Å². The highest BCUT2D eigenvalue weighted by atomic mass is 16.6. The predicted octanol–water partition coefficient (Wildman–Crippen LogP) is 3.28. The zero-order chi connectivity index (χ0) is 25.1. The molecule has 10 nitrogen and oxygen atoms in total. The number of amides is 3. The normalized spacial score (nSPS) is 11.4. The summed E-state index contributed by atoms with van der Waals surface area (Å²) in [5.41, 5.74) is 0.723. The first-order valence-corrected chi connectivity index (χ1v) is 11.0. The summed E-state index contributed by atoms with van der Waals surface area (Å²) < 4.78 is 5.39. The molecule has 3 amide bonds. The van der Waals surface area contributed by atoms with Gasteiger partial charge in [-0.15, -0.1) is 0 Å². The lowest BCUT2D eigenvalue weighted by molar-refractivity contribution is -0.384. The Kier molecular flexibility index (Phi) is 10.0. The molecule has 2 aromatic carbocycles. The molecule has 1 atom stereocenters. The number of non-ortho nitro benzene ring substituents is 1. The largest absolute Gasteiger partial charge is 0.494 e. The maximum atomic E-state index is 12.8. The number of rotatable bonds is 12. The smallest absolute Gasteiger partial charge is 0.269 e. The van der Waals surface area contributed by atoms with Crippen LogP contribution in [0.25, 0.3) is 0 Å². The minimum atomic E-state index is -0.732. The number of hydrogen-bond acceptors (Lipinski definition) is 6. The second-order valence-corrected chi connectivity index (χ2v) is 8.01. The fourth-order valence-electron chi connectivity index (χ4n) is 3.13. The molecule has 0 radical (unpaired) electrons. The van der Waals surface area contributed by atoms with Crippen molar-refractivity contribution in [3.63, 3.8) is 0 Å². The zero-order valence-electron chi connectivity index (χ0n) is 19.5. The Bertz CT molecular complexity index is 990. The van der Waals surface area contributed by atoms with Gasteiger partial charge < -0.3 is 20.7 Å². The SMILES string of the molecule is CCOc1ccc(NC(=O)C(CC(C)C)NC(=O)CCNC(=O)c2ccc([N+](=O)[O-])cc2)cc1. The van der Waals surface area contributed by atoms with E-state index in [1.54, 1.807) is 24.3 Å². The summed E-state index contributed by atoms with van der Waals surface area (Å²) in [4.78, 5) is 47.5. The first kappa shape index (κ1) is 26.3. The second kappa shape index (κ2) is 12.9. The van der Waals surface area contributed by atoms with Gasteiger partial charge in [-0.05, 0) is 55.7 Å². The van der Waals surface area contributed by atoms with Crippen molar-refractivity contribution in [1.82, 2.24) is 10.6 Å². The van der Waals surface area contributed by atoms with E-state index in [9.17, 15) is 24.5 Å². The van der Waals surface area contributed by atoms with Crippen LogP contribution in [0.2, 0.25) is 0 Å². The molecule has 0 saturated heterocycles. The van der Waals surface area contributed by atoms with E-state index in [4.69, 9.17) is 4.74 Å². The molecule has 0 spiro atoms. The van der Waals surface area contributed by atoms with Crippen LogP contribution in [0.15, 0.2) is 48.5 Å². The average Bonchev–Trinajstić information content (AvgIpc) is 2.79. The highest BCUT2D eigenvalue weighted by Gasteiger charge is 2.22. The topological polar surface area (TPSA) is 140 Å². The van der Waals surface area contributed by atoms with E-state index in [1.165, 1.54) is 24.3 Å². The van der Waals surface area contributed by atoms with Gasteiger partial charge in [0.25, 0.3) is 11.6 Å². The minimum Gasteiger partial charge on any atom is -0.494 e. The van der Waals surface area contributed by atoms with E-state index >= 15 is 0 Å². The zero-order valence-corrected chi connectivity index (χ0v) is 19.5. The van der Waals surface area contributed by atoms with Gasteiger partial charge in [-0.2, -0.15) is 0 Å². The molecule has 34 heavy (non-hydrogen) atoms. The van der Waals surface area contributed by atoms with Gasteiger partial charge in [0.1, 0.15) is 11.8 Å². The molecule has 1 unspecified atom stereocenters. The average molecular weight is 471 g/mol. The van der Waals surface area contributed by atoms with E-state index in [0.29, 0.717) is 24.5 Å². The Morgan fingerprint density at radius 2 is 1.68 bits per heavy atom. The first-order valence-electron chi connectivity index (χ1n) is 11.0. The van der Waals surface area contributed by atoms with Crippen molar-refractivity contribution in [2.45, 2.75) is 39.7 Å². The summed E-state index contributed by atoms with van der Waals surface area (Å²) in [6.07, 6.45) is 0.424. The number of nitro groups is 1. The van der Waals surface area contributed by atoms with Crippen molar-refractivity contribution in [2.75, 3.05) is 18.5 Å². The van der Waals surface area contributed by atoms with Gasteiger partial charge in [0.15, 0.2) is 0 Å². The number of anilines is 1. The molecule has 0 fully saturated rings. The third-order valence-electron chi connectivity index (χ3n) is 4.77. The van der Waals surface area contributed by atoms with Crippen molar-refractivity contribution in [3.05, 3.63) is 64.2 Å². The van der Waals surface area contributed by atoms with E-state index in [1.807, 2.05) is 20.8 Å². The molecule has 2 rings (SSSR count). The van der Waals surface area contributed by atoms with Gasteiger partial charge in [0.05, 0.1) is 11.5 Å². The number of nitrogens with one attached hydrogen (secondary N) is 3. The Labute approximate surface area is 198 Å². The van der Waals surface area contributed by atoms with Gasteiger partial charge in [-0.25, -0.2) is 0 Å². The maximum Gasteiger partial charge on any atom is 0.269 e. The Hall–Kier alpha value is -3.95. The first-order chi connectivity index (χ1) is 16.2. The minimum absolute atomic E-state index is 0.0242. The van der Waals surface area contributed by atoms with E-state index < -0.39 is 16.9 Å². The number of benzene rings is 2. The summed E-state index contributed by atoms with van der Waals surface area (Å²) >= 11 is 0. The summed E-state index contributed by atoms with van der Waals surface area (Å²) in [5.74, 6) is -0.297. The van der Waals surface area contributed by atoms with Gasteiger partial charge in [0.2, 0.25) is 11.8 Å². The lowest BCUT2D eigenvalue weighted by Crippen LogP contribution is -2.45. The van der Waals surface area contributed by atoms with Crippen LogP contribution in [0.3, 0.4) is 0 Å². The molecular formula is C24H30N4O6. The quantitative estimate of drug-likeness (QED) is 0.321. The molecule has 0 heterocycles. The predicted molar refractivity (Wildman–Crippen MR) is 128 cm³/mol. The van der Waals surface area contributed by atoms with Crippen LogP contribution in [-0.4, -0.2) is 41.8 Å². The number of nitro benzene ring substituents is 1. The van der Waals surface area contributed by atoms with Crippen molar-refractivity contribution in [2.24, 2.45) is 5.92 Å². The molecule has 0 saturated carbocycles. The van der Waals surface area contributed by atoms with Crippen LogP contribution < -0.4 is 20.7 Å². The monoisotopic (exact) mass is 470 g/mol. The van der Waals surface area contributed by atoms with Crippen molar-refractivity contribution < 1.29 is 24.0 Å². The van der Waals surface area contributed by atoms with Crippen molar-refractivity contribution in [3.8, 4) is 5.75 Å². The molecule has 10 heteroatoms. The molecule has 0 bridgehead atoms. The summed E-state index contributed by atoms with van der Waals surface area (Å²) in [6.45, 7) is 6.39. The molecule has 0 aliphatic carbocycles. The van der Waals surface area contributed by atoms with Gasteiger partial charge in [-0.1, -0.05) is 13.8 Å². The Morgan fingerprint density at radius 3 is 2.24 bits per heavy atom. The van der Waals surface area contributed by atoms with Crippen LogP contribution in [0.1, 0.15) is 44.0 Å². The number of nitrogens with zero attached hydrogens (tertiary/aromatic N) is 1. The van der Waals surface area contributed by atoms with Crippen molar-refractivity contribution in [1.29, 1.82) is 0 Å². The number of hydrogen-bond donors (Lipinski definition) is 3. The maximum absolute atomic E-state index is 12.8. The van der Waals surface area contributed by atoms with E-state index in [0.717, 1.165) is 0 Å². The van der Waals surface area contributed by atoms with Crippen LogP contribution in [0.4, 0.5) is 11.4 Å². The van der Waals surface area contributed by atoms with E-state index in [-0.39, 0.29) is 41.9 Å². The lowest BCUT2D eigenvalue weighted by atomic mass is 10.0. The molecule has 2 aromatic rings. The van der Waals surface area contributed by atoms with Crippen LogP contribution in [-0.2, 0) is 9.59 Å². The van der Waals surface area contributed by atoms with Gasteiger partial charge >= 0.3 is 0 Å². The van der Waals surface area contributed by atoms with Gasteiger partial charge in [-0.3, -0.25) is 24.5 Å². The molecule has 0 aromatic heterocycles. The Balaban J connectivity index is 1.87. The molecule has 3 N–H and O–H groups in total. The summed E-state index contributed by atoms with van der Waals surface area (Å²) in [5, 5.41) is 18.8. The van der Waals surface area contributed by atoms with Crippen LogP contribution >= 0.6 is 0 Å². The number of carbonyl (C=O) groups excluding carboxylic acids is 3. The third-order valence-corrected chi connectivity index (χ3v) is 4.77. The Morgan fingerprint density at radius 1 is 1.03 bits per heavy atom. The number of ether oxygens (including phenoxy) is 1. The highest BCUT2D eigenvalue weighted by Crippen LogP contribution is 2.17. The number of carbonyl (C=O) groups is 3. The molecule has 0 aliphatic heterocycles. The summed E-state index contributed by atoms with van der Waals surface area (Å²) in [6, 6.07) is 11.4. The molecule has 0 aliphatic rings. The van der Waals surface area contributed by atoms with Gasteiger partial charge in [0, 0.05) is 36.3 Å². The summed E-state index contributed by atoms with van der Waals surface area (Å²) in [7, 11) is 0. The standard InChI is InChI=1S/C24H30N4O6/c1-4-34-20-11-7-18(8-12-20)26-24(31)21(15-16(2)3)27-22(29)13-14-25-23(30)17-5-9-19(10-6-17)28(32)33/h5-12,16,21H,4,13-15H2,1-3H3,(H,25,30)(H,26,31)(H,27,29). The van der Waals surface area contributed by atoms with Crippen LogP contribution in [0.5, 0.6) is 5.75 Å². The lowest BCUT2D eigenvalue weighted by Gasteiger charge is -2.20. The highest BCUT2D eigenvalue weighted by molar-refractivity contribution is 5.97. The molecular weight excluding hydrogens is 440 g/mol. The fraction of sp³-hybridized carbons (Fsp3) is 0.375. The third kappa shape index (κ3) is 8.53. The molecule has 182 valence electrons. The second-order valence-electron chi connectivity index (χ2n) is 8.01.